The second-order valence-corrected chi connectivity index (χ2v) is 5.96. The first kappa shape index (κ1) is 15.0. The van der Waals surface area contributed by atoms with Crippen LogP contribution < -0.4 is 4.74 Å². The van der Waals surface area contributed by atoms with Crippen LogP contribution in [0.5, 0.6) is 5.75 Å². The van der Waals surface area contributed by atoms with Crippen molar-refractivity contribution in [2.45, 2.75) is 20.3 Å². The van der Waals surface area contributed by atoms with E-state index in [9.17, 15) is 4.79 Å². The van der Waals surface area contributed by atoms with Gasteiger partial charge in [-0.2, -0.15) is 0 Å². The van der Waals surface area contributed by atoms with Crippen LogP contribution in [0.25, 0.3) is 5.70 Å². The van der Waals surface area contributed by atoms with Gasteiger partial charge in [-0.3, -0.25) is 4.79 Å². The van der Waals surface area contributed by atoms with E-state index in [1.807, 2.05) is 38.4 Å². The Morgan fingerprint density at radius 3 is 2.85 bits per heavy atom. The van der Waals surface area contributed by atoms with Gasteiger partial charge in [-0.1, -0.05) is 13.0 Å². The molecule has 0 fully saturated rings. The van der Waals surface area contributed by atoms with Crippen LogP contribution in [-0.4, -0.2) is 30.0 Å². The number of hydrogen-bond donors (Lipinski definition) is 0. The number of carbonyl (C=O) groups excluding carboxylic acids is 1. The van der Waals surface area contributed by atoms with E-state index >= 15 is 0 Å². The number of nitrogens with zero attached hydrogens (tertiary/aromatic N) is 1. The summed E-state index contributed by atoms with van der Waals surface area (Å²) in [5, 5.41) is 0. The van der Waals surface area contributed by atoms with Crippen LogP contribution in [0.2, 0.25) is 0 Å². The lowest BCUT2D eigenvalue weighted by Gasteiger charge is -2.29. The average Bonchev–Trinajstić information content (AvgIpc) is 2.44. The van der Waals surface area contributed by atoms with Gasteiger partial charge in [-0.05, 0) is 43.4 Å². The number of carbonyl (C=O) groups is 1. The first-order chi connectivity index (χ1) is 9.54. The zero-order chi connectivity index (χ0) is 14.7. The second kappa shape index (κ2) is 6.35. The van der Waals surface area contributed by atoms with Crippen molar-refractivity contribution in [3.05, 3.63) is 35.4 Å². The summed E-state index contributed by atoms with van der Waals surface area (Å²) >= 11 is 1.65. The molecule has 0 radical (unpaired) electrons. The van der Waals surface area contributed by atoms with Crippen molar-refractivity contribution >= 4 is 23.4 Å². The Bertz CT molecular complexity index is 539. The van der Waals surface area contributed by atoms with E-state index in [2.05, 4.69) is 13.0 Å². The third-order valence-electron chi connectivity index (χ3n) is 3.60. The van der Waals surface area contributed by atoms with Crippen molar-refractivity contribution < 1.29 is 9.53 Å². The molecule has 1 amide bonds. The summed E-state index contributed by atoms with van der Waals surface area (Å²) in [5.41, 5.74) is 3.23. The summed E-state index contributed by atoms with van der Waals surface area (Å²) in [5.74, 6) is 1.79. The van der Waals surface area contributed by atoms with Crippen molar-refractivity contribution in [3.8, 4) is 5.75 Å². The Kier molecular flexibility index (Phi) is 4.76. The molecule has 1 aromatic rings. The number of hydrogen-bond acceptors (Lipinski definition) is 3. The van der Waals surface area contributed by atoms with Gasteiger partial charge in [0.15, 0.2) is 0 Å². The fourth-order valence-electron chi connectivity index (χ4n) is 2.41. The standard InChI is InChI=1S/C16H21NO2S/c1-11-5-8-15(17(3)16(11)18)14-7-6-13(9-12(14)2)19-10-20-4/h6-9,11H,5,10H2,1-4H3. The highest BCUT2D eigenvalue weighted by molar-refractivity contribution is 7.98. The lowest BCUT2D eigenvalue weighted by molar-refractivity contribution is -0.131. The quantitative estimate of drug-likeness (QED) is 0.795. The molecule has 0 aliphatic carbocycles. The Labute approximate surface area is 125 Å². The molecule has 0 aromatic heterocycles. The van der Waals surface area contributed by atoms with Crippen molar-refractivity contribution in [1.29, 1.82) is 0 Å². The smallest absolute Gasteiger partial charge is 0.229 e. The van der Waals surface area contributed by atoms with Crippen LogP contribution in [0.15, 0.2) is 24.3 Å². The molecule has 1 aliphatic heterocycles. The highest BCUT2D eigenvalue weighted by Crippen LogP contribution is 2.30. The lowest BCUT2D eigenvalue weighted by atomic mass is 9.95. The molecule has 1 atom stereocenters. The summed E-state index contributed by atoms with van der Waals surface area (Å²) in [6, 6.07) is 6.04. The molecular formula is C16H21NO2S. The van der Waals surface area contributed by atoms with E-state index < -0.39 is 0 Å². The third-order valence-corrected chi connectivity index (χ3v) is 3.95. The molecule has 20 heavy (non-hydrogen) atoms. The SMILES string of the molecule is CSCOc1ccc(C2=CCC(C)C(=O)N2C)c(C)c1. The molecule has 2 rings (SSSR count). The summed E-state index contributed by atoms with van der Waals surface area (Å²) in [7, 11) is 1.85. The summed E-state index contributed by atoms with van der Waals surface area (Å²) in [4.78, 5) is 13.8. The van der Waals surface area contributed by atoms with Gasteiger partial charge < -0.3 is 9.64 Å². The van der Waals surface area contributed by atoms with Crippen LogP contribution in [-0.2, 0) is 4.79 Å². The molecule has 1 unspecified atom stereocenters. The van der Waals surface area contributed by atoms with Gasteiger partial charge in [0, 0.05) is 24.2 Å². The van der Waals surface area contributed by atoms with Gasteiger partial charge in [0.05, 0.1) is 0 Å². The van der Waals surface area contributed by atoms with Crippen LogP contribution in [0.4, 0.5) is 0 Å². The van der Waals surface area contributed by atoms with E-state index in [-0.39, 0.29) is 11.8 Å². The van der Waals surface area contributed by atoms with Crippen molar-refractivity contribution in [1.82, 2.24) is 4.90 Å². The monoisotopic (exact) mass is 291 g/mol. The predicted molar refractivity (Wildman–Crippen MR) is 84.7 cm³/mol. The molecule has 108 valence electrons. The highest BCUT2D eigenvalue weighted by Gasteiger charge is 2.25. The highest BCUT2D eigenvalue weighted by atomic mass is 32.2. The van der Waals surface area contributed by atoms with Gasteiger partial charge in [0.25, 0.3) is 0 Å². The maximum absolute atomic E-state index is 12.1. The lowest BCUT2D eigenvalue weighted by Crippen LogP contribution is -2.33. The maximum atomic E-state index is 12.1. The third kappa shape index (κ3) is 3.01. The Hall–Kier alpha value is -1.42. The van der Waals surface area contributed by atoms with Gasteiger partial charge >= 0.3 is 0 Å². The summed E-state index contributed by atoms with van der Waals surface area (Å²) in [6.07, 6.45) is 4.97. The number of amides is 1. The molecule has 0 spiro atoms. The first-order valence-electron chi connectivity index (χ1n) is 6.75. The molecular weight excluding hydrogens is 270 g/mol. The van der Waals surface area contributed by atoms with Crippen molar-refractivity contribution in [3.63, 3.8) is 0 Å². The number of aryl methyl sites for hydroxylation is 1. The largest absolute Gasteiger partial charge is 0.483 e. The average molecular weight is 291 g/mol. The predicted octanol–water partition coefficient (Wildman–Crippen LogP) is 3.53. The van der Waals surface area contributed by atoms with Crippen LogP contribution in [0.3, 0.4) is 0 Å². The van der Waals surface area contributed by atoms with Gasteiger partial charge in [-0.25, -0.2) is 0 Å². The maximum Gasteiger partial charge on any atom is 0.229 e. The van der Waals surface area contributed by atoms with E-state index in [0.717, 1.165) is 29.0 Å². The van der Waals surface area contributed by atoms with Gasteiger partial charge in [0.2, 0.25) is 5.91 Å². The molecule has 1 aromatic carbocycles. The minimum Gasteiger partial charge on any atom is -0.483 e. The normalized spacial score (nSPS) is 19.0. The number of rotatable bonds is 4. The zero-order valence-corrected chi connectivity index (χ0v) is 13.3. The molecule has 4 heteroatoms. The number of thioether (sulfide) groups is 1. The minimum atomic E-state index is 0.0771. The summed E-state index contributed by atoms with van der Waals surface area (Å²) in [6.45, 7) is 4.02. The van der Waals surface area contributed by atoms with Crippen molar-refractivity contribution in [2.24, 2.45) is 5.92 Å². The van der Waals surface area contributed by atoms with Crippen LogP contribution in [0, 0.1) is 12.8 Å². The number of allylic oxidation sites excluding steroid dienone is 1. The van der Waals surface area contributed by atoms with Crippen LogP contribution in [0.1, 0.15) is 24.5 Å². The minimum absolute atomic E-state index is 0.0771. The molecule has 0 saturated heterocycles. The Morgan fingerprint density at radius 2 is 2.20 bits per heavy atom. The van der Waals surface area contributed by atoms with Crippen molar-refractivity contribution in [2.75, 3.05) is 19.2 Å². The first-order valence-corrected chi connectivity index (χ1v) is 8.14. The molecule has 0 bridgehead atoms. The fourth-order valence-corrected chi connectivity index (χ4v) is 2.66. The van der Waals surface area contributed by atoms with Gasteiger partial charge in [-0.15, -0.1) is 11.8 Å². The second-order valence-electron chi connectivity index (χ2n) is 5.15. The molecule has 1 heterocycles. The molecule has 1 aliphatic rings. The van der Waals surface area contributed by atoms with E-state index in [0.29, 0.717) is 5.94 Å². The molecule has 0 N–H and O–H groups in total. The Balaban J connectivity index is 2.27. The van der Waals surface area contributed by atoms with E-state index in [1.165, 1.54) is 0 Å². The van der Waals surface area contributed by atoms with Crippen LogP contribution >= 0.6 is 11.8 Å². The molecule has 3 nitrogen and oxygen atoms in total. The number of ether oxygens (including phenoxy) is 1. The Morgan fingerprint density at radius 1 is 1.45 bits per heavy atom. The summed E-state index contributed by atoms with van der Waals surface area (Å²) < 4.78 is 5.61. The van der Waals surface area contributed by atoms with Gasteiger partial charge in [0.1, 0.15) is 11.7 Å². The topological polar surface area (TPSA) is 29.5 Å². The molecule has 0 saturated carbocycles. The zero-order valence-electron chi connectivity index (χ0n) is 12.5. The van der Waals surface area contributed by atoms with E-state index in [1.54, 1.807) is 16.7 Å². The number of benzene rings is 1. The van der Waals surface area contributed by atoms with E-state index in [4.69, 9.17) is 4.74 Å². The fraction of sp³-hybridized carbons (Fsp3) is 0.438.